The van der Waals surface area contributed by atoms with Crippen molar-refractivity contribution in [2.24, 2.45) is 11.8 Å². The van der Waals surface area contributed by atoms with Gasteiger partial charge in [-0.05, 0) is 138 Å². The average molecular weight is 1750 g/mol. The molecule has 120 heavy (non-hydrogen) atoms. The second-order valence-corrected chi connectivity index (χ2v) is 47.7. The lowest BCUT2D eigenvalue weighted by molar-refractivity contribution is -0.161. The zero-order chi connectivity index (χ0) is 87.9. The number of nitrogens with zero attached hydrogens (tertiary/aromatic N) is 6. The fraction of sp³-hybridized carbons (Fsp3) is 0.700. The Morgan fingerprint density at radius 1 is 0.417 bits per heavy atom. The summed E-state index contributed by atoms with van der Waals surface area (Å²) < 4.78 is 25.0. The van der Waals surface area contributed by atoms with E-state index in [1.165, 1.54) is 58.5 Å². The molecule has 10 heterocycles. The van der Waals surface area contributed by atoms with Gasteiger partial charge in [-0.1, -0.05) is 92.4 Å². The third-order valence-electron chi connectivity index (χ3n) is 26.4. The van der Waals surface area contributed by atoms with Crippen LogP contribution < -0.4 is 64.2 Å². The molecule has 14 N–H and O–H groups in total. The highest BCUT2D eigenvalue weighted by Crippen LogP contribution is 2.56. The highest BCUT2D eigenvalue weighted by molar-refractivity contribution is 6.74. The largest absolute Gasteiger partial charge is 0.412 e. The Hall–Kier alpha value is -7.71. The van der Waals surface area contributed by atoms with Crippen LogP contribution in [0.1, 0.15) is 158 Å². The summed E-state index contributed by atoms with van der Waals surface area (Å²) in [6.45, 7) is 30.0. The Bertz CT molecular complexity index is 4100. The van der Waals surface area contributed by atoms with E-state index < -0.39 is 244 Å². The second kappa shape index (κ2) is 35.1. The number of hydrazine groups is 4. The van der Waals surface area contributed by atoms with Crippen LogP contribution in [0.25, 0.3) is 11.1 Å². The van der Waals surface area contributed by atoms with Crippen molar-refractivity contribution >= 4 is 122 Å². The number of hydrogen-bond acceptors (Lipinski definition) is 24. The zero-order valence-corrected chi connectivity index (χ0v) is 75.4. The van der Waals surface area contributed by atoms with Gasteiger partial charge in [-0.25, -0.2) is 21.7 Å². The molecule has 0 aliphatic carbocycles. The van der Waals surface area contributed by atoms with Crippen LogP contribution in [0.4, 0.5) is 11.4 Å². The van der Waals surface area contributed by atoms with Crippen molar-refractivity contribution in [1.82, 2.24) is 83.4 Å². The summed E-state index contributed by atoms with van der Waals surface area (Å²) in [5, 5.41) is 55.4. The molecule has 0 aromatic heterocycles. The number of amides is 12. The molecule has 12 amide bonds. The van der Waals surface area contributed by atoms with Gasteiger partial charge < -0.3 is 80.9 Å². The Morgan fingerprint density at radius 2 is 0.717 bits per heavy atom. The third kappa shape index (κ3) is 17.3. The summed E-state index contributed by atoms with van der Waals surface area (Å²) in [6.07, 6.45) is -4.17. The van der Waals surface area contributed by atoms with Gasteiger partial charge >= 0.3 is 0 Å². The minimum absolute atomic E-state index is 0.000330. The number of anilines is 2. The monoisotopic (exact) mass is 1750 g/mol. The average Bonchev–Trinajstić information content (AvgIpc) is 1.55. The van der Waals surface area contributed by atoms with E-state index >= 15 is 38.4 Å². The van der Waals surface area contributed by atoms with Gasteiger partial charge in [0.25, 0.3) is 23.6 Å². The lowest BCUT2D eigenvalue weighted by Gasteiger charge is -2.43. The smallest absolute Gasteiger partial charge is 0.261 e. The number of carbonyl (C=O) groups excluding carboxylic acids is 12. The van der Waals surface area contributed by atoms with Crippen molar-refractivity contribution in [3.63, 3.8) is 0 Å². The number of halogens is 2. The highest BCUT2D eigenvalue weighted by atomic mass is 35.5. The van der Waals surface area contributed by atoms with Crippen LogP contribution in [0.3, 0.4) is 0 Å². The lowest BCUT2D eigenvalue weighted by atomic mass is 9.86. The zero-order valence-electron chi connectivity index (χ0n) is 71.9. The molecule has 2 aromatic carbocycles. The molecule has 36 nitrogen and oxygen atoms in total. The molecular weight excluding hydrogens is 1630 g/mol. The first-order valence-corrected chi connectivity index (χ1v) is 48.5. The molecule has 0 unspecified atom stereocenters. The first-order valence-electron chi connectivity index (χ1n) is 41.9. The maximum absolute atomic E-state index is 16.5. The third-order valence-corrected chi connectivity index (χ3v) is 36.2. The van der Waals surface area contributed by atoms with Gasteiger partial charge in [-0.3, -0.25) is 77.6 Å². The van der Waals surface area contributed by atoms with Crippen LogP contribution in [0.5, 0.6) is 0 Å². The summed E-state index contributed by atoms with van der Waals surface area (Å²) in [6, 6.07) is -11.2. The molecule has 12 rings (SSSR count). The van der Waals surface area contributed by atoms with Gasteiger partial charge in [0.2, 0.25) is 47.3 Å². The van der Waals surface area contributed by atoms with Gasteiger partial charge in [-0.2, -0.15) is 0 Å². The Kier molecular flexibility index (Phi) is 26.8. The van der Waals surface area contributed by atoms with E-state index in [9.17, 15) is 29.4 Å². The van der Waals surface area contributed by atoms with Crippen molar-refractivity contribution in [2.45, 2.75) is 292 Å². The van der Waals surface area contributed by atoms with Crippen molar-refractivity contribution < 1.29 is 86.1 Å². The quantitative estimate of drug-likeness (QED) is 0.128. The predicted molar refractivity (Wildman–Crippen MR) is 447 cm³/mol. The van der Waals surface area contributed by atoms with Crippen LogP contribution >= 0.6 is 23.2 Å². The topological polar surface area (TPSA) is 446 Å². The van der Waals surface area contributed by atoms with E-state index in [2.05, 4.69) is 64.2 Å². The molecular formula is C80H122Cl2N18O18Si2. The van der Waals surface area contributed by atoms with E-state index in [-0.39, 0.29) is 82.4 Å². The number of ether oxygens (including phenoxy) is 2. The van der Waals surface area contributed by atoms with Crippen molar-refractivity contribution in [1.29, 1.82) is 0 Å². The number of rotatable bonds is 13. The fourth-order valence-corrected chi connectivity index (χ4v) is 21.1. The first-order chi connectivity index (χ1) is 56.2. The molecule has 10 aliphatic rings. The van der Waals surface area contributed by atoms with E-state index in [1.807, 2.05) is 67.7 Å². The standard InChI is InChI=1S/C80H122Cl2N18O18Si2/c1-39(2)59-73(111)99-55(25-21-29-85-99)69(107)97-53(23-19-27-83-97)65(103)87-51(37-115-13)63(101)93-61(41(5)117-119(15,16)77(7,8)9)71(109)95-57(67(105)91-59)35-79(113)45-31-43(47(81)33-49(45)89-75(79)95)44-32-46-50(34-48(44)82)90-76-80(46,114)36-58-68(106)92-60(40(3)4)74(112)100-56(26-22-30-86-100)70(108)98-54(24-20-28-84-98)66(104)88-52(38-116-14)64(102)94-62(72(110)96(58)76)42(6)118-120(17,18)78(10,11)12/h31-34,39-42,51-62,75-76,83-86,89-90,113-114H,19-30,35-38H2,1-18H3,(H,87,103)(H,88,104)(H,91,105)(H,92,106)(H,93,101)(H,94,102)/t41-,42-,51-,52-,53+,54+,55-,56-,57-,58-,59+,60+,61+,62+,75-,76-,79+,80+/m0/s1. The summed E-state index contributed by atoms with van der Waals surface area (Å²) in [5.74, 6) is -10.9. The van der Waals surface area contributed by atoms with Gasteiger partial charge in [0.15, 0.2) is 16.6 Å². The molecule has 0 spiro atoms. The molecule has 662 valence electrons. The SMILES string of the molecule is COC[C@@H]1NC(=O)[C@H]2CCCNN2C(=O)[C@@H]2CCCNN2C(=O)[C@@H](C(C)C)NC(=O)[C@@H]2C[C@@]3(O)c4cc(-c5cc6c(cc5Cl)N[C@H]5N7C(=O)[C@@H]([C@H](C)O[Si](C)(C)C(C)(C)C)NC(=O)[C@H](COC)NC(=O)[C@H]8CCCNN8C(=O)[C@@H]8CCCNN8C(=O)[C@@H](C(C)C)NC(=O)[C@@H]7C[C@@]65O)c(Cl)cc4N[C@H]3N2C(=O)[C@@H]([C@H](C)O[Si](C)(C)C(C)(C)C)NC1=O. The first kappa shape index (κ1) is 91.5. The van der Waals surface area contributed by atoms with Gasteiger partial charge in [-0.15, -0.1) is 0 Å². The number of hydrogen-bond donors (Lipinski definition) is 14. The molecule has 8 fully saturated rings. The second-order valence-electron chi connectivity index (χ2n) is 37.4. The van der Waals surface area contributed by atoms with Crippen LogP contribution in [-0.4, -0.2) is 278 Å². The Labute approximate surface area is 712 Å². The normalized spacial score (nSPS) is 31.6. The van der Waals surface area contributed by atoms with E-state index in [0.717, 1.165) is 9.80 Å². The number of benzene rings is 2. The summed E-state index contributed by atoms with van der Waals surface area (Å²) in [7, 11) is -3.17. The Balaban J connectivity index is 0.959. The fourth-order valence-electron chi connectivity index (χ4n) is 17.7. The molecule has 40 heteroatoms. The van der Waals surface area contributed by atoms with Crippen LogP contribution in [-0.2, 0) is 87.1 Å². The number of nitrogens with one attached hydrogen (secondary N) is 12. The van der Waals surface area contributed by atoms with Gasteiger partial charge in [0.1, 0.15) is 96.0 Å². The summed E-state index contributed by atoms with van der Waals surface area (Å²) >= 11 is 14.9. The molecule has 0 bridgehead atoms. The lowest BCUT2D eigenvalue weighted by Crippen LogP contribution is -2.69. The number of aliphatic hydroxyl groups is 2. The number of fused-ring (bicyclic) bond motifs is 14. The van der Waals surface area contributed by atoms with Gasteiger partial charge in [0, 0.05) is 86.9 Å². The number of carbonyl (C=O) groups is 12. The molecule has 0 radical (unpaired) electrons. The molecule has 18 atom stereocenters. The van der Waals surface area contributed by atoms with Crippen molar-refractivity contribution in [3.05, 3.63) is 45.4 Å². The molecule has 2 aromatic rings. The van der Waals surface area contributed by atoms with Crippen LogP contribution in [0.15, 0.2) is 24.3 Å². The molecule has 0 saturated carbocycles. The maximum Gasteiger partial charge on any atom is 0.261 e. The van der Waals surface area contributed by atoms with Gasteiger partial charge in [0.05, 0.1) is 35.5 Å². The summed E-state index contributed by atoms with van der Waals surface area (Å²) in [4.78, 5) is 187. The van der Waals surface area contributed by atoms with E-state index in [0.29, 0.717) is 38.8 Å². The molecule has 10 aliphatic heterocycles. The highest BCUT2D eigenvalue weighted by Gasteiger charge is 2.65. The van der Waals surface area contributed by atoms with E-state index in [4.69, 9.17) is 41.5 Å². The minimum Gasteiger partial charge on any atom is -0.412 e. The molecule has 8 saturated heterocycles. The number of methoxy groups -OCH3 is 2. The minimum atomic E-state index is -2.90. The van der Waals surface area contributed by atoms with Crippen molar-refractivity contribution in [2.75, 3.05) is 64.2 Å². The predicted octanol–water partition coefficient (Wildman–Crippen LogP) is 2.08. The summed E-state index contributed by atoms with van der Waals surface area (Å²) in [5.41, 5.74) is 8.53. The van der Waals surface area contributed by atoms with Crippen LogP contribution in [0.2, 0.25) is 46.3 Å². The van der Waals surface area contributed by atoms with Crippen LogP contribution in [0, 0.1) is 11.8 Å². The Morgan fingerprint density at radius 3 is 1.02 bits per heavy atom. The maximum atomic E-state index is 16.5. The van der Waals surface area contributed by atoms with Crippen molar-refractivity contribution in [3.8, 4) is 11.1 Å². The van der Waals surface area contributed by atoms with E-state index in [1.54, 1.807) is 41.5 Å².